The topological polar surface area (TPSA) is 38.2 Å². The molecule has 0 spiro atoms. The molecule has 0 fully saturated rings. The van der Waals surface area contributed by atoms with Gasteiger partial charge in [-0.05, 0) is 18.1 Å². The summed E-state index contributed by atoms with van der Waals surface area (Å²) in [5.41, 5.74) is 1.23. The van der Waals surface area contributed by atoms with Gasteiger partial charge in [0.1, 0.15) is 0 Å². The summed E-state index contributed by atoms with van der Waals surface area (Å²) in [4.78, 5) is 2.40. The zero-order chi connectivity index (χ0) is 9.80. The fraction of sp³-hybridized carbons (Fsp3) is 0.333. The molecule has 82 valence electrons. The number of hydrogen-bond donors (Lipinski definition) is 1. The van der Waals surface area contributed by atoms with Gasteiger partial charge >= 0.3 is 0 Å². The molecule has 0 aliphatic carbocycles. The second kappa shape index (κ2) is 5.91. The summed E-state index contributed by atoms with van der Waals surface area (Å²) in [5.74, 6) is 0. The Morgan fingerprint density at radius 1 is 1.20 bits per heavy atom. The monoisotopic (exact) mass is 224 g/mol. The lowest BCUT2D eigenvalue weighted by Gasteiger charge is -2.23. The van der Waals surface area contributed by atoms with Gasteiger partial charge in [-0.3, -0.25) is 4.90 Å². The Balaban J connectivity index is 0.00000112. The first-order valence-corrected chi connectivity index (χ1v) is 5.35. The van der Waals surface area contributed by atoms with Crippen molar-refractivity contribution < 1.29 is 0 Å². The number of hydrogen-bond acceptors (Lipinski definition) is 2. The zero-order valence-electron chi connectivity index (χ0n) is 8.82. The van der Waals surface area contributed by atoms with Gasteiger partial charge in [0.05, 0.1) is 0 Å². The molecule has 1 aromatic rings. The normalized spacial score (nSPS) is 16.1. The van der Waals surface area contributed by atoms with E-state index in [1.54, 1.807) is 0 Å². The van der Waals surface area contributed by atoms with Crippen LogP contribution in [0.15, 0.2) is 36.4 Å². The summed E-state index contributed by atoms with van der Waals surface area (Å²) in [6, 6.07) is 8.07. The van der Waals surface area contributed by atoms with E-state index >= 15 is 0 Å². The predicted octanol–water partition coefficient (Wildman–Crippen LogP) is 3.26. The summed E-state index contributed by atoms with van der Waals surface area (Å²) >= 11 is 6.10. The molecule has 0 atom stereocenters. The predicted molar refractivity (Wildman–Crippen MR) is 65.5 cm³/mol. The van der Waals surface area contributed by atoms with Gasteiger partial charge in [-0.1, -0.05) is 42.0 Å². The van der Waals surface area contributed by atoms with E-state index in [1.807, 2.05) is 18.2 Å². The van der Waals surface area contributed by atoms with Gasteiger partial charge in [0, 0.05) is 24.7 Å². The number of benzene rings is 1. The van der Waals surface area contributed by atoms with Crippen LogP contribution in [0.2, 0.25) is 5.02 Å². The second-order valence-corrected chi connectivity index (χ2v) is 3.99. The molecule has 2 rings (SSSR count). The van der Waals surface area contributed by atoms with Gasteiger partial charge in [0.15, 0.2) is 0 Å². The van der Waals surface area contributed by atoms with Gasteiger partial charge in [-0.2, -0.15) is 0 Å². The molecule has 15 heavy (non-hydrogen) atoms. The third-order valence-corrected chi connectivity index (χ3v) is 2.86. The van der Waals surface area contributed by atoms with E-state index in [4.69, 9.17) is 11.6 Å². The molecule has 3 heteroatoms. The molecule has 0 bridgehead atoms. The van der Waals surface area contributed by atoms with Crippen LogP contribution in [0.5, 0.6) is 0 Å². The first-order chi connectivity index (χ1) is 6.86. The van der Waals surface area contributed by atoms with Crippen LogP contribution in [-0.4, -0.2) is 18.0 Å². The maximum absolute atomic E-state index is 6.10. The van der Waals surface area contributed by atoms with E-state index in [9.17, 15) is 0 Å². The highest BCUT2D eigenvalue weighted by atomic mass is 35.5. The molecule has 0 aromatic heterocycles. The Bertz CT molecular complexity index is 336. The van der Waals surface area contributed by atoms with Gasteiger partial charge < -0.3 is 6.15 Å². The molecular formula is C12H17ClN2. The molecule has 0 radical (unpaired) electrons. The van der Waals surface area contributed by atoms with Gasteiger partial charge in [0.2, 0.25) is 0 Å². The third kappa shape index (κ3) is 3.34. The molecule has 0 saturated carbocycles. The first-order valence-electron chi connectivity index (χ1n) is 4.97. The SMILES string of the molecule is Clc1ccccc1CN1CC=CCC1.N. The molecule has 2 nitrogen and oxygen atoms in total. The molecule has 1 aliphatic heterocycles. The Kier molecular flexibility index (Phi) is 4.82. The molecule has 1 aromatic carbocycles. The van der Waals surface area contributed by atoms with Gasteiger partial charge in [-0.25, -0.2) is 0 Å². The van der Waals surface area contributed by atoms with E-state index < -0.39 is 0 Å². The molecule has 0 saturated heterocycles. The summed E-state index contributed by atoms with van der Waals surface area (Å²) < 4.78 is 0. The van der Waals surface area contributed by atoms with Crippen LogP contribution >= 0.6 is 11.6 Å². The van der Waals surface area contributed by atoms with Crippen molar-refractivity contribution >= 4 is 11.6 Å². The van der Waals surface area contributed by atoms with Crippen molar-refractivity contribution in [3.63, 3.8) is 0 Å². The molecule has 0 amide bonds. The van der Waals surface area contributed by atoms with Crippen LogP contribution in [0, 0.1) is 0 Å². The maximum Gasteiger partial charge on any atom is 0.0451 e. The smallest absolute Gasteiger partial charge is 0.0451 e. The van der Waals surface area contributed by atoms with Gasteiger partial charge in [-0.15, -0.1) is 0 Å². The Morgan fingerprint density at radius 3 is 2.67 bits per heavy atom. The van der Waals surface area contributed by atoms with Crippen LogP contribution < -0.4 is 6.15 Å². The standard InChI is InChI=1S/C12H14ClN.H3N/c13-12-7-3-2-6-11(12)10-14-8-4-1-5-9-14;/h1-4,6-7H,5,8-10H2;1H3. The minimum absolute atomic E-state index is 0. The van der Waals surface area contributed by atoms with Crippen molar-refractivity contribution in [1.29, 1.82) is 0 Å². The minimum atomic E-state index is 0. The third-order valence-electron chi connectivity index (χ3n) is 2.49. The number of halogens is 1. The van der Waals surface area contributed by atoms with Crippen molar-refractivity contribution in [2.24, 2.45) is 0 Å². The second-order valence-electron chi connectivity index (χ2n) is 3.59. The van der Waals surface area contributed by atoms with E-state index in [0.29, 0.717) is 0 Å². The molecule has 0 unspecified atom stereocenters. The first kappa shape index (κ1) is 12.2. The van der Waals surface area contributed by atoms with E-state index in [-0.39, 0.29) is 6.15 Å². The van der Waals surface area contributed by atoms with Crippen LogP contribution in [0.1, 0.15) is 12.0 Å². The largest absolute Gasteiger partial charge is 0.344 e. The summed E-state index contributed by atoms with van der Waals surface area (Å²) in [6.45, 7) is 3.15. The highest BCUT2D eigenvalue weighted by molar-refractivity contribution is 6.31. The van der Waals surface area contributed by atoms with Crippen molar-refractivity contribution in [3.8, 4) is 0 Å². The van der Waals surface area contributed by atoms with E-state index in [1.165, 1.54) is 5.56 Å². The van der Waals surface area contributed by atoms with Crippen molar-refractivity contribution in [1.82, 2.24) is 11.1 Å². The number of nitrogens with zero attached hydrogens (tertiary/aromatic N) is 1. The zero-order valence-corrected chi connectivity index (χ0v) is 9.58. The van der Waals surface area contributed by atoms with Crippen LogP contribution in [0.3, 0.4) is 0 Å². The summed E-state index contributed by atoms with van der Waals surface area (Å²) in [6.07, 6.45) is 5.62. The minimum Gasteiger partial charge on any atom is -0.344 e. The summed E-state index contributed by atoms with van der Waals surface area (Å²) in [5, 5.41) is 0.877. The van der Waals surface area contributed by atoms with Gasteiger partial charge in [0.25, 0.3) is 0 Å². The molecule has 1 heterocycles. The molecule has 3 N–H and O–H groups in total. The Labute approximate surface area is 96.1 Å². The fourth-order valence-corrected chi connectivity index (χ4v) is 1.90. The fourth-order valence-electron chi connectivity index (χ4n) is 1.70. The van der Waals surface area contributed by atoms with Crippen molar-refractivity contribution in [3.05, 3.63) is 47.0 Å². The van der Waals surface area contributed by atoms with Crippen molar-refractivity contribution in [2.45, 2.75) is 13.0 Å². The van der Waals surface area contributed by atoms with Crippen LogP contribution in [0.4, 0.5) is 0 Å². The van der Waals surface area contributed by atoms with Crippen LogP contribution in [-0.2, 0) is 6.54 Å². The highest BCUT2D eigenvalue weighted by Gasteiger charge is 2.08. The highest BCUT2D eigenvalue weighted by Crippen LogP contribution is 2.17. The Hall–Kier alpha value is -0.830. The van der Waals surface area contributed by atoms with E-state index in [2.05, 4.69) is 23.1 Å². The van der Waals surface area contributed by atoms with Crippen LogP contribution in [0.25, 0.3) is 0 Å². The summed E-state index contributed by atoms with van der Waals surface area (Å²) in [7, 11) is 0. The molecule has 1 aliphatic rings. The lowest BCUT2D eigenvalue weighted by atomic mass is 10.2. The average Bonchev–Trinajstić information content (AvgIpc) is 2.23. The molecular weight excluding hydrogens is 208 g/mol. The number of rotatable bonds is 2. The lowest BCUT2D eigenvalue weighted by molar-refractivity contribution is 0.291. The maximum atomic E-state index is 6.10. The lowest BCUT2D eigenvalue weighted by Crippen LogP contribution is -2.26. The Morgan fingerprint density at radius 2 is 2.00 bits per heavy atom. The van der Waals surface area contributed by atoms with E-state index in [0.717, 1.165) is 31.1 Å². The average molecular weight is 225 g/mol. The van der Waals surface area contributed by atoms with Crippen molar-refractivity contribution in [2.75, 3.05) is 13.1 Å². The quantitative estimate of drug-likeness (QED) is 0.784.